The first-order valence-electron chi connectivity index (χ1n) is 5.95. The first kappa shape index (κ1) is 13.2. The Morgan fingerprint density at radius 1 is 1.33 bits per heavy atom. The molecule has 2 heterocycles. The van der Waals surface area contributed by atoms with Crippen LogP contribution in [0.15, 0.2) is 27.2 Å². The molecule has 1 N–H and O–H groups in total. The van der Waals surface area contributed by atoms with Crippen LogP contribution in [0.2, 0.25) is 0 Å². The zero-order chi connectivity index (χ0) is 12.8. The predicted molar refractivity (Wildman–Crippen MR) is 72.1 cm³/mol. The lowest BCUT2D eigenvalue weighted by Gasteiger charge is -1.99. The summed E-state index contributed by atoms with van der Waals surface area (Å²) in [5.41, 5.74) is 0.678. The molecule has 18 heavy (non-hydrogen) atoms. The summed E-state index contributed by atoms with van der Waals surface area (Å²) in [5.74, 6) is 1.08. The third-order valence-corrected chi connectivity index (χ3v) is 3.01. The van der Waals surface area contributed by atoms with Crippen LogP contribution in [0, 0.1) is 0 Å². The molecule has 0 unspecified atom stereocenters. The predicted octanol–water partition coefficient (Wildman–Crippen LogP) is 2.44. The average molecular weight is 311 g/mol. The lowest BCUT2D eigenvalue weighted by molar-refractivity contribution is 0.493. The van der Waals surface area contributed by atoms with E-state index in [0.29, 0.717) is 17.5 Å². The van der Waals surface area contributed by atoms with Crippen LogP contribution in [0.25, 0.3) is 11.6 Å². The Hall–Kier alpha value is -1.27. The molecule has 2 aromatic heterocycles. The van der Waals surface area contributed by atoms with E-state index in [4.69, 9.17) is 4.42 Å². The van der Waals surface area contributed by atoms with Gasteiger partial charge in [0.15, 0.2) is 0 Å². The number of aromatic nitrogens is 3. The summed E-state index contributed by atoms with van der Waals surface area (Å²) >= 11 is 3.41. The maximum atomic E-state index is 5.58. The van der Waals surface area contributed by atoms with Gasteiger partial charge in [-0.2, -0.15) is 0 Å². The Bertz CT molecular complexity index is 500. The Labute approximate surface area is 114 Å². The standard InChI is InChI=1S/C12H15BrN4O/c1-2-6-14-8-5-10-16-17-12(18-10)11-9(13)4-3-7-15-11/h3-4,7,14H,2,5-6,8H2,1H3. The molecule has 96 valence electrons. The molecule has 0 bridgehead atoms. The summed E-state index contributed by atoms with van der Waals surface area (Å²) in [6.07, 6.45) is 3.56. The van der Waals surface area contributed by atoms with Gasteiger partial charge in [0.25, 0.3) is 5.89 Å². The van der Waals surface area contributed by atoms with E-state index in [1.807, 2.05) is 12.1 Å². The van der Waals surface area contributed by atoms with E-state index in [2.05, 4.69) is 43.4 Å². The van der Waals surface area contributed by atoms with Gasteiger partial charge in [-0.05, 0) is 41.0 Å². The molecule has 2 aromatic rings. The summed E-state index contributed by atoms with van der Waals surface area (Å²) in [5, 5.41) is 11.3. The molecule has 6 heteroatoms. The van der Waals surface area contributed by atoms with Gasteiger partial charge in [0.05, 0.1) is 0 Å². The molecule has 5 nitrogen and oxygen atoms in total. The Morgan fingerprint density at radius 2 is 2.22 bits per heavy atom. The minimum Gasteiger partial charge on any atom is -0.419 e. The van der Waals surface area contributed by atoms with E-state index in [-0.39, 0.29) is 0 Å². The summed E-state index contributed by atoms with van der Waals surface area (Å²) in [6, 6.07) is 3.74. The quantitative estimate of drug-likeness (QED) is 0.830. The van der Waals surface area contributed by atoms with Gasteiger partial charge >= 0.3 is 0 Å². The van der Waals surface area contributed by atoms with Crippen molar-refractivity contribution in [1.29, 1.82) is 0 Å². The normalized spacial score (nSPS) is 10.8. The van der Waals surface area contributed by atoms with Crippen LogP contribution in [0.3, 0.4) is 0 Å². The van der Waals surface area contributed by atoms with Gasteiger partial charge in [-0.15, -0.1) is 10.2 Å². The van der Waals surface area contributed by atoms with E-state index in [0.717, 1.165) is 30.4 Å². The maximum Gasteiger partial charge on any atom is 0.267 e. The van der Waals surface area contributed by atoms with Crippen LogP contribution < -0.4 is 5.32 Å². The molecule has 0 saturated heterocycles. The third kappa shape index (κ3) is 3.36. The molecule has 2 rings (SSSR count). The summed E-state index contributed by atoms with van der Waals surface area (Å²) in [4.78, 5) is 4.21. The largest absolute Gasteiger partial charge is 0.419 e. The van der Waals surface area contributed by atoms with Crippen molar-refractivity contribution in [3.63, 3.8) is 0 Å². The van der Waals surface area contributed by atoms with Gasteiger partial charge in [-0.3, -0.25) is 0 Å². The van der Waals surface area contributed by atoms with Crippen molar-refractivity contribution in [2.75, 3.05) is 13.1 Å². The van der Waals surface area contributed by atoms with Gasteiger partial charge in [-0.25, -0.2) is 4.98 Å². The zero-order valence-electron chi connectivity index (χ0n) is 10.2. The first-order valence-corrected chi connectivity index (χ1v) is 6.74. The van der Waals surface area contributed by atoms with E-state index in [9.17, 15) is 0 Å². The summed E-state index contributed by atoms with van der Waals surface area (Å²) < 4.78 is 6.43. The number of hydrogen-bond donors (Lipinski definition) is 1. The Morgan fingerprint density at radius 3 is 3.00 bits per heavy atom. The van der Waals surface area contributed by atoms with Crippen molar-refractivity contribution in [2.24, 2.45) is 0 Å². The highest BCUT2D eigenvalue weighted by Gasteiger charge is 2.12. The van der Waals surface area contributed by atoms with Gasteiger partial charge in [0.2, 0.25) is 5.89 Å². The number of pyridine rings is 1. The summed E-state index contributed by atoms with van der Waals surface area (Å²) in [6.45, 7) is 3.99. The molecule has 0 saturated carbocycles. The molecule has 0 spiro atoms. The van der Waals surface area contributed by atoms with Crippen LogP contribution in [0.1, 0.15) is 19.2 Å². The van der Waals surface area contributed by atoms with Crippen LogP contribution in [0.5, 0.6) is 0 Å². The van der Waals surface area contributed by atoms with Crippen LogP contribution in [-0.2, 0) is 6.42 Å². The molecule has 0 aromatic carbocycles. The minimum absolute atomic E-state index is 0.452. The topological polar surface area (TPSA) is 63.8 Å². The number of hydrogen-bond acceptors (Lipinski definition) is 5. The minimum atomic E-state index is 0.452. The molecule has 0 fully saturated rings. The van der Waals surface area contributed by atoms with Gasteiger partial charge in [0, 0.05) is 23.6 Å². The van der Waals surface area contributed by atoms with Crippen LogP contribution in [0.4, 0.5) is 0 Å². The fraction of sp³-hybridized carbons (Fsp3) is 0.417. The van der Waals surface area contributed by atoms with Gasteiger partial charge in [-0.1, -0.05) is 6.92 Å². The molecule has 0 aliphatic rings. The van der Waals surface area contributed by atoms with Crippen molar-refractivity contribution < 1.29 is 4.42 Å². The molecular weight excluding hydrogens is 296 g/mol. The first-order chi connectivity index (χ1) is 8.81. The Kier molecular flexibility index (Phi) is 4.83. The molecule has 0 radical (unpaired) electrons. The highest BCUT2D eigenvalue weighted by Crippen LogP contribution is 2.24. The zero-order valence-corrected chi connectivity index (χ0v) is 11.8. The third-order valence-electron chi connectivity index (χ3n) is 2.37. The average Bonchev–Trinajstić information content (AvgIpc) is 2.84. The molecule has 0 amide bonds. The summed E-state index contributed by atoms with van der Waals surface area (Å²) in [7, 11) is 0. The number of halogens is 1. The molecule has 0 aliphatic heterocycles. The van der Waals surface area contributed by atoms with E-state index >= 15 is 0 Å². The second-order valence-corrected chi connectivity index (χ2v) is 4.69. The lowest BCUT2D eigenvalue weighted by atomic mass is 10.3. The van der Waals surface area contributed by atoms with Crippen LogP contribution in [-0.4, -0.2) is 28.3 Å². The second-order valence-electron chi connectivity index (χ2n) is 3.83. The van der Waals surface area contributed by atoms with Crippen molar-refractivity contribution in [3.8, 4) is 11.6 Å². The Balaban J connectivity index is 2.00. The lowest BCUT2D eigenvalue weighted by Crippen LogP contribution is -2.17. The number of nitrogens with zero attached hydrogens (tertiary/aromatic N) is 3. The highest BCUT2D eigenvalue weighted by molar-refractivity contribution is 9.10. The highest BCUT2D eigenvalue weighted by atomic mass is 79.9. The van der Waals surface area contributed by atoms with E-state index in [1.165, 1.54) is 0 Å². The van der Waals surface area contributed by atoms with Crippen molar-refractivity contribution in [2.45, 2.75) is 19.8 Å². The maximum absolute atomic E-state index is 5.58. The fourth-order valence-corrected chi connectivity index (χ4v) is 1.92. The van der Waals surface area contributed by atoms with Crippen LogP contribution >= 0.6 is 15.9 Å². The van der Waals surface area contributed by atoms with Crippen molar-refractivity contribution in [3.05, 3.63) is 28.7 Å². The molecule has 0 atom stereocenters. The van der Waals surface area contributed by atoms with Gasteiger partial charge in [0.1, 0.15) is 5.69 Å². The van der Waals surface area contributed by atoms with Crippen molar-refractivity contribution >= 4 is 15.9 Å². The monoisotopic (exact) mass is 310 g/mol. The number of nitrogens with one attached hydrogen (secondary N) is 1. The van der Waals surface area contributed by atoms with Crippen molar-refractivity contribution in [1.82, 2.24) is 20.5 Å². The van der Waals surface area contributed by atoms with Gasteiger partial charge < -0.3 is 9.73 Å². The second kappa shape index (κ2) is 6.61. The molecular formula is C12H15BrN4O. The SMILES string of the molecule is CCCNCCc1nnc(-c2ncccc2Br)o1. The smallest absolute Gasteiger partial charge is 0.267 e. The molecule has 0 aliphatic carbocycles. The fourth-order valence-electron chi connectivity index (χ4n) is 1.49. The van der Waals surface area contributed by atoms with E-state index < -0.39 is 0 Å². The number of rotatable bonds is 6. The van der Waals surface area contributed by atoms with E-state index in [1.54, 1.807) is 6.20 Å².